The van der Waals surface area contributed by atoms with Gasteiger partial charge in [-0.1, -0.05) is 19.1 Å². The lowest BCUT2D eigenvalue weighted by atomic mass is 9.74. The molecule has 1 saturated heterocycles. The molecule has 2 N–H and O–H groups in total. The summed E-state index contributed by atoms with van der Waals surface area (Å²) in [5.41, 5.74) is 1.38. The zero-order valence-corrected chi connectivity index (χ0v) is 19.1. The maximum Gasteiger partial charge on any atom is 0.191 e. The summed E-state index contributed by atoms with van der Waals surface area (Å²) in [6.07, 6.45) is 3.25. The average Bonchev–Trinajstić information content (AvgIpc) is 3.36. The standard InChI is InChI=1S/C21H33N3O2.HI/c1-4-22-20(24-19-14-16(19)3)23-15-21(10-12-25-13-11-21)17-6-8-18(9-7-17)26-5-2;/h6-9,16,19H,4-5,10-15H2,1-3H3,(H2,22,23,24);1H. The second kappa shape index (κ2) is 10.5. The Balaban J connectivity index is 0.00000261. The van der Waals surface area contributed by atoms with E-state index in [1.165, 1.54) is 12.0 Å². The summed E-state index contributed by atoms with van der Waals surface area (Å²) in [6.45, 7) is 10.4. The minimum absolute atomic E-state index is 0. The molecule has 1 heterocycles. The molecule has 0 radical (unpaired) electrons. The lowest BCUT2D eigenvalue weighted by Crippen LogP contribution is -2.42. The summed E-state index contributed by atoms with van der Waals surface area (Å²) in [5.74, 6) is 2.63. The number of hydrogen-bond acceptors (Lipinski definition) is 3. The quantitative estimate of drug-likeness (QED) is 0.350. The van der Waals surface area contributed by atoms with Crippen LogP contribution < -0.4 is 15.4 Å². The van der Waals surface area contributed by atoms with E-state index in [4.69, 9.17) is 14.5 Å². The molecule has 1 aliphatic carbocycles. The normalized spacial score (nSPS) is 23.9. The fraction of sp³-hybridized carbons (Fsp3) is 0.667. The SMILES string of the molecule is CCNC(=NCC1(c2ccc(OCC)cc2)CCOCC1)NC1CC1C.I. The van der Waals surface area contributed by atoms with Crippen LogP contribution in [0.4, 0.5) is 0 Å². The van der Waals surface area contributed by atoms with Crippen LogP contribution in [0.2, 0.25) is 0 Å². The Labute approximate surface area is 180 Å². The molecule has 2 atom stereocenters. The molecule has 2 unspecified atom stereocenters. The molecule has 152 valence electrons. The van der Waals surface area contributed by atoms with Gasteiger partial charge in [-0.15, -0.1) is 24.0 Å². The molecule has 2 aliphatic rings. The van der Waals surface area contributed by atoms with E-state index in [1.807, 2.05) is 6.92 Å². The van der Waals surface area contributed by atoms with Gasteiger partial charge in [-0.25, -0.2) is 0 Å². The summed E-state index contributed by atoms with van der Waals surface area (Å²) in [4.78, 5) is 4.97. The van der Waals surface area contributed by atoms with Crippen molar-refractivity contribution in [1.29, 1.82) is 0 Å². The highest BCUT2D eigenvalue weighted by molar-refractivity contribution is 14.0. The first-order valence-electron chi connectivity index (χ1n) is 10.0. The second-order valence-electron chi connectivity index (χ2n) is 7.51. The maximum absolute atomic E-state index is 5.65. The van der Waals surface area contributed by atoms with Gasteiger partial charge in [-0.3, -0.25) is 4.99 Å². The van der Waals surface area contributed by atoms with Gasteiger partial charge >= 0.3 is 0 Å². The summed E-state index contributed by atoms with van der Waals surface area (Å²) >= 11 is 0. The third kappa shape index (κ3) is 5.98. The molecule has 2 fully saturated rings. The van der Waals surface area contributed by atoms with Crippen LogP contribution >= 0.6 is 24.0 Å². The van der Waals surface area contributed by atoms with E-state index in [9.17, 15) is 0 Å². The molecule has 0 aromatic heterocycles. The molecule has 1 aromatic carbocycles. The fourth-order valence-electron chi connectivity index (χ4n) is 3.62. The van der Waals surface area contributed by atoms with E-state index < -0.39 is 0 Å². The van der Waals surface area contributed by atoms with Crippen LogP contribution in [0.1, 0.15) is 45.6 Å². The topological polar surface area (TPSA) is 54.9 Å². The van der Waals surface area contributed by atoms with Crippen molar-refractivity contribution in [2.75, 3.05) is 32.9 Å². The van der Waals surface area contributed by atoms with Crippen LogP contribution in [-0.2, 0) is 10.2 Å². The third-order valence-electron chi connectivity index (χ3n) is 5.54. The lowest BCUT2D eigenvalue weighted by molar-refractivity contribution is 0.0531. The predicted octanol–water partition coefficient (Wildman–Crippen LogP) is 3.72. The zero-order chi connectivity index (χ0) is 18.4. The van der Waals surface area contributed by atoms with Gasteiger partial charge in [-0.2, -0.15) is 0 Å². The third-order valence-corrected chi connectivity index (χ3v) is 5.54. The Hall–Kier alpha value is -1.02. The van der Waals surface area contributed by atoms with Crippen LogP contribution in [0.3, 0.4) is 0 Å². The molecule has 0 bridgehead atoms. The van der Waals surface area contributed by atoms with Gasteiger partial charge in [-0.05, 0) is 56.7 Å². The number of ether oxygens (including phenoxy) is 2. The van der Waals surface area contributed by atoms with Crippen LogP contribution in [0.15, 0.2) is 29.3 Å². The smallest absolute Gasteiger partial charge is 0.191 e. The summed E-state index contributed by atoms with van der Waals surface area (Å²) in [5, 5.41) is 6.96. The van der Waals surface area contributed by atoms with Crippen molar-refractivity contribution in [3.63, 3.8) is 0 Å². The Kier molecular flexibility index (Phi) is 8.66. The number of guanidine groups is 1. The minimum atomic E-state index is 0. The van der Waals surface area contributed by atoms with Crippen molar-refractivity contribution < 1.29 is 9.47 Å². The van der Waals surface area contributed by atoms with E-state index in [1.54, 1.807) is 0 Å². The van der Waals surface area contributed by atoms with Crippen LogP contribution in [0.25, 0.3) is 0 Å². The average molecular weight is 487 g/mol. The van der Waals surface area contributed by atoms with Crippen LogP contribution in [-0.4, -0.2) is 44.9 Å². The van der Waals surface area contributed by atoms with E-state index >= 15 is 0 Å². The summed E-state index contributed by atoms with van der Waals surface area (Å²) in [6, 6.07) is 9.14. The Morgan fingerprint density at radius 2 is 1.89 bits per heavy atom. The maximum atomic E-state index is 5.65. The van der Waals surface area contributed by atoms with Crippen molar-refractivity contribution in [1.82, 2.24) is 10.6 Å². The molecule has 1 aliphatic heterocycles. The highest BCUT2D eigenvalue weighted by atomic mass is 127. The fourth-order valence-corrected chi connectivity index (χ4v) is 3.62. The van der Waals surface area contributed by atoms with Gasteiger partial charge in [0.05, 0.1) is 13.2 Å². The molecule has 1 saturated carbocycles. The first kappa shape index (κ1) is 22.3. The highest BCUT2D eigenvalue weighted by Gasteiger charge is 2.36. The first-order chi connectivity index (χ1) is 12.7. The van der Waals surface area contributed by atoms with Crippen molar-refractivity contribution >= 4 is 29.9 Å². The molecule has 5 nitrogen and oxygen atoms in total. The van der Waals surface area contributed by atoms with Crippen molar-refractivity contribution in [3.8, 4) is 5.75 Å². The Morgan fingerprint density at radius 3 is 2.44 bits per heavy atom. The molecule has 6 heteroatoms. The number of aliphatic imine (C=N–C) groups is 1. The van der Waals surface area contributed by atoms with E-state index in [0.717, 1.165) is 56.8 Å². The Morgan fingerprint density at radius 1 is 1.22 bits per heavy atom. The van der Waals surface area contributed by atoms with Crippen molar-refractivity contribution in [2.24, 2.45) is 10.9 Å². The molecule has 27 heavy (non-hydrogen) atoms. The minimum Gasteiger partial charge on any atom is -0.494 e. The van der Waals surface area contributed by atoms with Gasteiger partial charge in [0.25, 0.3) is 0 Å². The molecule has 1 aromatic rings. The highest BCUT2D eigenvalue weighted by Crippen LogP contribution is 2.36. The number of nitrogens with one attached hydrogen (secondary N) is 2. The molecule has 0 amide bonds. The van der Waals surface area contributed by atoms with Crippen LogP contribution in [0, 0.1) is 5.92 Å². The molecular formula is C21H34IN3O2. The number of nitrogens with zero attached hydrogens (tertiary/aromatic N) is 1. The zero-order valence-electron chi connectivity index (χ0n) is 16.8. The van der Waals surface area contributed by atoms with Gasteiger partial charge in [0.2, 0.25) is 0 Å². The number of halogens is 1. The first-order valence-corrected chi connectivity index (χ1v) is 10.0. The summed E-state index contributed by atoms with van der Waals surface area (Å²) in [7, 11) is 0. The molecular weight excluding hydrogens is 453 g/mol. The second-order valence-corrected chi connectivity index (χ2v) is 7.51. The Bertz CT molecular complexity index is 600. The van der Waals surface area contributed by atoms with Gasteiger partial charge in [0.1, 0.15) is 5.75 Å². The largest absolute Gasteiger partial charge is 0.494 e. The number of hydrogen-bond donors (Lipinski definition) is 2. The van der Waals surface area contributed by atoms with Gasteiger partial charge in [0, 0.05) is 31.2 Å². The van der Waals surface area contributed by atoms with Crippen LogP contribution in [0.5, 0.6) is 5.75 Å². The van der Waals surface area contributed by atoms with E-state index in [2.05, 4.69) is 48.7 Å². The van der Waals surface area contributed by atoms with Gasteiger partial charge < -0.3 is 20.1 Å². The number of benzene rings is 1. The van der Waals surface area contributed by atoms with Crippen molar-refractivity contribution in [3.05, 3.63) is 29.8 Å². The lowest BCUT2D eigenvalue weighted by Gasteiger charge is -2.36. The summed E-state index contributed by atoms with van der Waals surface area (Å²) < 4.78 is 11.2. The van der Waals surface area contributed by atoms with E-state index in [0.29, 0.717) is 12.6 Å². The monoisotopic (exact) mass is 487 g/mol. The van der Waals surface area contributed by atoms with Crippen molar-refractivity contribution in [2.45, 2.75) is 51.5 Å². The van der Waals surface area contributed by atoms with E-state index in [-0.39, 0.29) is 29.4 Å². The number of rotatable bonds is 7. The predicted molar refractivity (Wildman–Crippen MR) is 121 cm³/mol. The molecule has 3 rings (SSSR count). The molecule has 0 spiro atoms. The van der Waals surface area contributed by atoms with Gasteiger partial charge in [0.15, 0.2) is 5.96 Å².